The van der Waals surface area contributed by atoms with Crippen LogP contribution in [-0.2, 0) is 0 Å². The van der Waals surface area contributed by atoms with Gasteiger partial charge in [-0.15, -0.1) is 0 Å². The molecule has 0 aromatic rings. The predicted molar refractivity (Wildman–Crippen MR) is 53.1 cm³/mol. The summed E-state index contributed by atoms with van der Waals surface area (Å²) < 4.78 is 0. The second-order valence-electron chi connectivity index (χ2n) is 3.74. The van der Waals surface area contributed by atoms with Crippen molar-refractivity contribution < 1.29 is 10.2 Å². The lowest BCUT2D eigenvalue weighted by Gasteiger charge is -2.04. The minimum Gasteiger partial charge on any atom is -0.393 e. The van der Waals surface area contributed by atoms with Gasteiger partial charge in [0, 0.05) is 0 Å². The Hall–Kier alpha value is -0.0800. The van der Waals surface area contributed by atoms with Gasteiger partial charge in [-0.25, -0.2) is 0 Å². The van der Waals surface area contributed by atoms with E-state index in [0.29, 0.717) is 5.92 Å². The van der Waals surface area contributed by atoms with E-state index in [-0.39, 0.29) is 12.2 Å². The maximum atomic E-state index is 8.72. The van der Waals surface area contributed by atoms with Gasteiger partial charge >= 0.3 is 0 Å². The van der Waals surface area contributed by atoms with Crippen molar-refractivity contribution in [1.29, 1.82) is 0 Å². The molecule has 0 bridgehead atoms. The molecule has 0 saturated heterocycles. The van der Waals surface area contributed by atoms with E-state index in [0.717, 1.165) is 12.8 Å². The Morgan fingerprint density at radius 3 is 1.25 bits per heavy atom. The standard InChI is InChI=1S/C6H14O.C4H10O/c1-5(2)4-6(3)7;1-3-4(2)5/h5-7H,4H2,1-3H3;4-5H,3H2,1-2H3. The molecule has 0 spiro atoms. The van der Waals surface area contributed by atoms with Crippen LogP contribution in [0.4, 0.5) is 0 Å². The summed E-state index contributed by atoms with van der Waals surface area (Å²) in [6.45, 7) is 9.75. The molecule has 2 atom stereocenters. The summed E-state index contributed by atoms with van der Waals surface area (Å²) in [4.78, 5) is 0. The van der Waals surface area contributed by atoms with Crippen molar-refractivity contribution in [3.05, 3.63) is 0 Å². The third-order valence-electron chi connectivity index (χ3n) is 1.40. The van der Waals surface area contributed by atoms with Crippen LogP contribution in [0.2, 0.25) is 0 Å². The van der Waals surface area contributed by atoms with Crippen LogP contribution in [0.25, 0.3) is 0 Å². The fourth-order valence-electron chi connectivity index (χ4n) is 0.682. The molecule has 0 heterocycles. The normalized spacial score (nSPS) is 15.0. The lowest BCUT2D eigenvalue weighted by Crippen LogP contribution is -2.03. The molecule has 12 heavy (non-hydrogen) atoms. The van der Waals surface area contributed by atoms with Gasteiger partial charge in [0.25, 0.3) is 0 Å². The summed E-state index contributed by atoms with van der Waals surface area (Å²) in [5.41, 5.74) is 0. The van der Waals surface area contributed by atoms with E-state index >= 15 is 0 Å². The van der Waals surface area contributed by atoms with Crippen molar-refractivity contribution in [2.24, 2.45) is 5.92 Å². The van der Waals surface area contributed by atoms with Crippen molar-refractivity contribution in [2.75, 3.05) is 0 Å². The summed E-state index contributed by atoms with van der Waals surface area (Å²) in [6.07, 6.45) is 1.54. The molecule has 0 fully saturated rings. The van der Waals surface area contributed by atoms with Gasteiger partial charge in [0.1, 0.15) is 0 Å². The second kappa shape index (κ2) is 9.01. The molecule has 0 radical (unpaired) electrons. The molecule has 0 aromatic heterocycles. The van der Waals surface area contributed by atoms with Gasteiger partial charge in [0.2, 0.25) is 0 Å². The Kier molecular flexibility index (Phi) is 10.8. The largest absolute Gasteiger partial charge is 0.393 e. The van der Waals surface area contributed by atoms with Crippen LogP contribution in [0, 0.1) is 5.92 Å². The van der Waals surface area contributed by atoms with E-state index in [2.05, 4.69) is 13.8 Å². The molecule has 0 amide bonds. The van der Waals surface area contributed by atoms with Crippen LogP contribution in [0.1, 0.15) is 47.5 Å². The summed E-state index contributed by atoms with van der Waals surface area (Å²) in [5.74, 6) is 0.625. The van der Waals surface area contributed by atoms with Crippen LogP contribution in [0.3, 0.4) is 0 Å². The summed E-state index contributed by atoms with van der Waals surface area (Å²) >= 11 is 0. The maximum absolute atomic E-state index is 8.72. The molecule has 0 rings (SSSR count). The first-order chi connectivity index (χ1) is 5.40. The van der Waals surface area contributed by atoms with Gasteiger partial charge in [-0.3, -0.25) is 0 Å². The molecule has 0 saturated carbocycles. The van der Waals surface area contributed by atoms with Gasteiger partial charge in [0.15, 0.2) is 0 Å². The Morgan fingerprint density at radius 1 is 0.917 bits per heavy atom. The third kappa shape index (κ3) is 22.5. The van der Waals surface area contributed by atoms with E-state index in [1.807, 2.05) is 13.8 Å². The van der Waals surface area contributed by atoms with Gasteiger partial charge in [-0.05, 0) is 32.6 Å². The van der Waals surface area contributed by atoms with Crippen LogP contribution in [0.15, 0.2) is 0 Å². The number of aliphatic hydroxyl groups is 2. The highest BCUT2D eigenvalue weighted by atomic mass is 16.3. The van der Waals surface area contributed by atoms with Crippen molar-refractivity contribution in [3.8, 4) is 0 Å². The minimum absolute atomic E-state index is 0.116. The lowest BCUT2D eigenvalue weighted by molar-refractivity contribution is 0.168. The van der Waals surface area contributed by atoms with Crippen LogP contribution in [-0.4, -0.2) is 22.4 Å². The highest BCUT2D eigenvalue weighted by Crippen LogP contribution is 2.01. The number of rotatable bonds is 3. The third-order valence-corrected chi connectivity index (χ3v) is 1.40. The molecule has 2 nitrogen and oxygen atoms in total. The first kappa shape index (κ1) is 14.4. The molecule has 2 unspecified atom stereocenters. The van der Waals surface area contributed by atoms with E-state index in [4.69, 9.17) is 10.2 Å². The van der Waals surface area contributed by atoms with Crippen molar-refractivity contribution in [3.63, 3.8) is 0 Å². The molecule has 2 N–H and O–H groups in total. The Labute approximate surface area is 76.6 Å². The van der Waals surface area contributed by atoms with Gasteiger partial charge in [-0.2, -0.15) is 0 Å². The van der Waals surface area contributed by atoms with E-state index in [1.54, 1.807) is 6.92 Å². The molecule has 2 heteroatoms. The van der Waals surface area contributed by atoms with Gasteiger partial charge in [0.05, 0.1) is 12.2 Å². The minimum atomic E-state index is -0.125. The van der Waals surface area contributed by atoms with Crippen molar-refractivity contribution in [1.82, 2.24) is 0 Å². The van der Waals surface area contributed by atoms with E-state index in [9.17, 15) is 0 Å². The van der Waals surface area contributed by atoms with E-state index < -0.39 is 0 Å². The van der Waals surface area contributed by atoms with Crippen LogP contribution in [0.5, 0.6) is 0 Å². The SMILES string of the molecule is CC(C)CC(C)O.CCC(C)O. The molecule has 0 aliphatic rings. The smallest absolute Gasteiger partial charge is 0.0514 e. The molecule has 0 aliphatic heterocycles. The molecular weight excluding hydrogens is 152 g/mol. The van der Waals surface area contributed by atoms with Gasteiger partial charge in [-0.1, -0.05) is 20.8 Å². The number of hydrogen-bond donors (Lipinski definition) is 2. The predicted octanol–water partition coefficient (Wildman–Crippen LogP) is 2.19. The van der Waals surface area contributed by atoms with Crippen LogP contribution >= 0.6 is 0 Å². The van der Waals surface area contributed by atoms with Crippen LogP contribution < -0.4 is 0 Å². The number of hydrogen-bond acceptors (Lipinski definition) is 2. The highest BCUT2D eigenvalue weighted by Gasteiger charge is 1.97. The Bertz CT molecular complexity index is 71.9. The van der Waals surface area contributed by atoms with Crippen molar-refractivity contribution >= 4 is 0 Å². The zero-order chi connectivity index (χ0) is 10.1. The molecule has 0 aromatic carbocycles. The fraction of sp³-hybridized carbons (Fsp3) is 1.00. The molecule has 76 valence electrons. The van der Waals surface area contributed by atoms with Gasteiger partial charge < -0.3 is 10.2 Å². The lowest BCUT2D eigenvalue weighted by atomic mass is 10.1. The molecule has 0 aliphatic carbocycles. The quantitative estimate of drug-likeness (QED) is 0.692. The zero-order valence-corrected chi connectivity index (χ0v) is 9.04. The Morgan fingerprint density at radius 2 is 1.25 bits per heavy atom. The van der Waals surface area contributed by atoms with E-state index in [1.165, 1.54) is 0 Å². The fourth-order valence-corrected chi connectivity index (χ4v) is 0.682. The first-order valence-corrected chi connectivity index (χ1v) is 4.76. The monoisotopic (exact) mass is 176 g/mol. The summed E-state index contributed by atoms with van der Waals surface area (Å²) in [7, 11) is 0. The highest BCUT2D eigenvalue weighted by molar-refractivity contribution is 4.49. The molecular formula is C10H24O2. The summed E-state index contributed by atoms with van der Waals surface area (Å²) in [5, 5.41) is 17.1. The average molecular weight is 176 g/mol. The van der Waals surface area contributed by atoms with Crippen molar-refractivity contribution in [2.45, 2.75) is 59.7 Å². The first-order valence-electron chi connectivity index (χ1n) is 4.76. The summed E-state index contributed by atoms with van der Waals surface area (Å²) in [6, 6.07) is 0. The zero-order valence-electron chi connectivity index (χ0n) is 9.04. The maximum Gasteiger partial charge on any atom is 0.0514 e. The topological polar surface area (TPSA) is 40.5 Å². The Balaban J connectivity index is 0. The number of aliphatic hydroxyl groups excluding tert-OH is 2. The second-order valence-corrected chi connectivity index (χ2v) is 3.74. The average Bonchev–Trinajstić information content (AvgIpc) is 1.85.